The molecule has 0 aromatic carbocycles. The zero-order valence-electron chi connectivity index (χ0n) is 8.86. The molecule has 84 valence electrons. The zero-order valence-corrected chi connectivity index (χ0v) is 9.68. The Kier molecular flexibility index (Phi) is 4.20. The summed E-state index contributed by atoms with van der Waals surface area (Å²) >= 11 is 4.90. The van der Waals surface area contributed by atoms with Gasteiger partial charge < -0.3 is 5.73 Å². The standard InChI is InChI=1S/C10H16N2O2S/c1-2-4-7(10(11)15)12-8(13)5-3-6-9(12)14/h7H,2-6H2,1H3,(H2,11,15). The molecule has 0 aliphatic carbocycles. The van der Waals surface area contributed by atoms with E-state index in [0.717, 1.165) is 6.42 Å². The number of rotatable bonds is 4. The number of imide groups is 1. The van der Waals surface area contributed by atoms with Crippen LogP contribution in [0.15, 0.2) is 0 Å². The first kappa shape index (κ1) is 12.1. The molecule has 0 aromatic rings. The van der Waals surface area contributed by atoms with Crippen molar-refractivity contribution in [3.63, 3.8) is 0 Å². The van der Waals surface area contributed by atoms with Gasteiger partial charge in [-0.1, -0.05) is 25.6 Å². The van der Waals surface area contributed by atoms with E-state index in [-0.39, 0.29) is 22.8 Å². The van der Waals surface area contributed by atoms with Crippen LogP contribution in [0.2, 0.25) is 0 Å². The SMILES string of the molecule is CCCC(C(N)=S)N1C(=O)CCCC1=O. The van der Waals surface area contributed by atoms with Crippen LogP contribution in [-0.2, 0) is 9.59 Å². The third-order valence-corrected chi connectivity index (χ3v) is 2.79. The number of carbonyl (C=O) groups is 2. The molecule has 1 unspecified atom stereocenters. The van der Waals surface area contributed by atoms with Crippen LogP contribution in [0.3, 0.4) is 0 Å². The van der Waals surface area contributed by atoms with Crippen molar-refractivity contribution in [3.05, 3.63) is 0 Å². The van der Waals surface area contributed by atoms with E-state index in [4.69, 9.17) is 18.0 Å². The summed E-state index contributed by atoms with van der Waals surface area (Å²) in [4.78, 5) is 24.7. The smallest absolute Gasteiger partial charge is 0.229 e. The van der Waals surface area contributed by atoms with Crippen molar-refractivity contribution >= 4 is 29.0 Å². The van der Waals surface area contributed by atoms with Crippen molar-refractivity contribution in [1.29, 1.82) is 0 Å². The molecule has 1 rings (SSSR count). The monoisotopic (exact) mass is 228 g/mol. The summed E-state index contributed by atoms with van der Waals surface area (Å²) in [5.41, 5.74) is 5.56. The van der Waals surface area contributed by atoms with Gasteiger partial charge in [0.1, 0.15) is 0 Å². The van der Waals surface area contributed by atoms with Gasteiger partial charge in [0.25, 0.3) is 0 Å². The highest BCUT2D eigenvalue weighted by Crippen LogP contribution is 2.18. The third-order valence-electron chi connectivity index (χ3n) is 2.52. The molecule has 2 amide bonds. The molecule has 1 aliphatic heterocycles. The predicted molar refractivity (Wildman–Crippen MR) is 61.2 cm³/mol. The van der Waals surface area contributed by atoms with Gasteiger partial charge in [0.2, 0.25) is 11.8 Å². The number of carbonyl (C=O) groups excluding carboxylic acids is 2. The van der Waals surface area contributed by atoms with E-state index in [1.54, 1.807) is 0 Å². The molecule has 1 aliphatic rings. The minimum Gasteiger partial charge on any atom is -0.392 e. The number of piperidine rings is 1. The summed E-state index contributed by atoms with van der Waals surface area (Å²) in [5, 5.41) is 0. The molecular weight excluding hydrogens is 212 g/mol. The molecule has 5 heteroatoms. The highest BCUT2D eigenvalue weighted by atomic mass is 32.1. The summed E-state index contributed by atoms with van der Waals surface area (Å²) in [6, 6.07) is -0.384. The zero-order chi connectivity index (χ0) is 11.4. The maximum absolute atomic E-state index is 11.6. The van der Waals surface area contributed by atoms with Gasteiger partial charge in [0, 0.05) is 12.8 Å². The Morgan fingerprint density at radius 2 is 2.00 bits per heavy atom. The Morgan fingerprint density at radius 3 is 2.40 bits per heavy atom. The highest BCUT2D eigenvalue weighted by Gasteiger charge is 2.33. The fraction of sp³-hybridized carbons (Fsp3) is 0.700. The van der Waals surface area contributed by atoms with Crippen molar-refractivity contribution in [2.45, 2.75) is 45.1 Å². The summed E-state index contributed by atoms with van der Waals surface area (Å²) in [6.07, 6.45) is 3.00. The Balaban J connectivity index is 2.83. The largest absolute Gasteiger partial charge is 0.392 e. The average molecular weight is 228 g/mol. The molecule has 0 bridgehead atoms. The molecule has 4 nitrogen and oxygen atoms in total. The van der Waals surface area contributed by atoms with Crippen LogP contribution in [0.1, 0.15) is 39.0 Å². The molecule has 0 aromatic heterocycles. The normalized spacial score (nSPS) is 19.1. The van der Waals surface area contributed by atoms with Crippen LogP contribution in [0.25, 0.3) is 0 Å². The van der Waals surface area contributed by atoms with Crippen LogP contribution in [-0.4, -0.2) is 27.7 Å². The lowest BCUT2D eigenvalue weighted by Crippen LogP contribution is -2.52. The van der Waals surface area contributed by atoms with Gasteiger partial charge in [0.05, 0.1) is 11.0 Å². The first-order valence-corrected chi connectivity index (χ1v) is 5.63. The summed E-state index contributed by atoms with van der Waals surface area (Å²) in [6.45, 7) is 1.98. The first-order chi connectivity index (χ1) is 7.07. The average Bonchev–Trinajstić information content (AvgIpc) is 2.15. The Labute approximate surface area is 94.8 Å². The predicted octanol–water partition coefficient (Wildman–Crippen LogP) is 0.980. The number of amides is 2. The quantitative estimate of drug-likeness (QED) is 0.575. The fourth-order valence-corrected chi connectivity index (χ4v) is 2.01. The van der Waals surface area contributed by atoms with Gasteiger partial charge in [-0.2, -0.15) is 0 Å². The Bertz CT molecular complexity index is 275. The maximum atomic E-state index is 11.6. The molecule has 1 fully saturated rings. The number of thiocarbonyl (C=S) groups is 1. The Morgan fingerprint density at radius 1 is 1.47 bits per heavy atom. The number of hydrogen-bond acceptors (Lipinski definition) is 3. The lowest BCUT2D eigenvalue weighted by Gasteiger charge is -2.32. The van der Waals surface area contributed by atoms with Crippen LogP contribution in [0.5, 0.6) is 0 Å². The van der Waals surface area contributed by atoms with Crippen molar-refractivity contribution in [3.8, 4) is 0 Å². The van der Waals surface area contributed by atoms with Gasteiger partial charge in [-0.15, -0.1) is 0 Å². The summed E-state index contributed by atoms with van der Waals surface area (Å²) in [7, 11) is 0. The van der Waals surface area contributed by atoms with Crippen LogP contribution in [0, 0.1) is 0 Å². The topological polar surface area (TPSA) is 63.4 Å². The van der Waals surface area contributed by atoms with E-state index in [2.05, 4.69) is 0 Å². The van der Waals surface area contributed by atoms with E-state index in [1.807, 2.05) is 6.92 Å². The van der Waals surface area contributed by atoms with E-state index < -0.39 is 0 Å². The van der Waals surface area contributed by atoms with Gasteiger partial charge in [-0.3, -0.25) is 14.5 Å². The lowest BCUT2D eigenvalue weighted by atomic mass is 10.0. The van der Waals surface area contributed by atoms with E-state index in [0.29, 0.717) is 25.7 Å². The second kappa shape index (κ2) is 5.21. The molecule has 0 radical (unpaired) electrons. The second-order valence-corrected chi connectivity index (χ2v) is 4.19. The van der Waals surface area contributed by atoms with E-state index in [9.17, 15) is 9.59 Å². The number of nitrogens with zero attached hydrogens (tertiary/aromatic N) is 1. The van der Waals surface area contributed by atoms with Crippen molar-refractivity contribution in [2.24, 2.45) is 5.73 Å². The van der Waals surface area contributed by atoms with Gasteiger partial charge >= 0.3 is 0 Å². The van der Waals surface area contributed by atoms with E-state index in [1.165, 1.54) is 4.90 Å². The summed E-state index contributed by atoms with van der Waals surface area (Å²) in [5.74, 6) is -0.282. The third kappa shape index (κ3) is 2.75. The van der Waals surface area contributed by atoms with Gasteiger partial charge in [-0.05, 0) is 12.8 Å². The minimum absolute atomic E-state index is 0.141. The number of likely N-dealkylation sites (tertiary alicyclic amines) is 1. The molecule has 0 spiro atoms. The minimum atomic E-state index is -0.384. The van der Waals surface area contributed by atoms with Gasteiger partial charge in [0.15, 0.2) is 0 Å². The first-order valence-electron chi connectivity index (χ1n) is 5.22. The Hall–Kier alpha value is -0.970. The van der Waals surface area contributed by atoms with Crippen LogP contribution in [0.4, 0.5) is 0 Å². The molecule has 15 heavy (non-hydrogen) atoms. The second-order valence-electron chi connectivity index (χ2n) is 3.72. The molecule has 1 atom stereocenters. The molecule has 2 N–H and O–H groups in total. The molecular formula is C10H16N2O2S. The summed E-state index contributed by atoms with van der Waals surface area (Å²) < 4.78 is 0. The van der Waals surface area contributed by atoms with Crippen LogP contribution < -0.4 is 5.73 Å². The maximum Gasteiger partial charge on any atom is 0.229 e. The molecule has 1 saturated heterocycles. The lowest BCUT2D eigenvalue weighted by molar-refractivity contribution is -0.149. The van der Waals surface area contributed by atoms with E-state index >= 15 is 0 Å². The number of nitrogens with two attached hydrogens (primary N) is 1. The van der Waals surface area contributed by atoms with Crippen molar-refractivity contribution in [2.75, 3.05) is 0 Å². The van der Waals surface area contributed by atoms with Crippen molar-refractivity contribution < 1.29 is 9.59 Å². The number of hydrogen-bond donors (Lipinski definition) is 1. The molecule has 1 heterocycles. The highest BCUT2D eigenvalue weighted by molar-refractivity contribution is 7.80. The van der Waals surface area contributed by atoms with Crippen molar-refractivity contribution in [1.82, 2.24) is 4.90 Å². The van der Waals surface area contributed by atoms with Gasteiger partial charge in [-0.25, -0.2) is 0 Å². The fourth-order valence-electron chi connectivity index (χ4n) is 1.79. The van der Waals surface area contributed by atoms with Crippen LogP contribution >= 0.6 is 12.2 Å². The molecule has 0 saturated carbocycles.